The molecule has 0 saturated heterocycles. The van der Waals surface area contributed by atoms with Crippen molar-refractivity contribution in [3.8, 4) is 11.5 Å². The van der Waals surface area contributed by atoms with Crippen molar-refractivity contribution in [2.24, 2.45) is 0 Å². The molecule has 2 amide bonds. The number of thioether (sulfide) groups is 1. The summed E-state index contributed by atoms with van der Waals surface area (Å²) in [6, 6.07) is 10.5. The molecule has 178 valence electrons. The second-order valence-corrected chi connectivity index (χ2v) is 10.1. The molecule has 1 aliphatic heterocycles. The van der Waals surface area contributed by atoms with Gasteiger partial charge in [0.2, 0.25) is 21.8 Å². The van der Waals surface area contributed by atoms with Crippen molar-refractivity contribution in [3.63, 3.8) is 0 Å². The maximum absolute atomic E-state index is 13.0. The lowest BCUT2D eigenvalue weighted by Gasteiger charge is -2.21. The number of anilines is 1. The number of benzene rings is 2. The van der Waals surface area contributed by atoms with Gasteiger partial charge < -0.3 is 20.1 Å². The van der Waals surface area contributed by atoms with Crippen LogP contribution < -0.4 is 24.8 Å². The van der Waals surface area contributed by atoms with Gasteiger partial charge in [-0.3, -0.25) is 9.59 Å². The normalized spacial score (nSPS) is 13.8. The fourth-order valence-electron chi connectivity index (χ4n) is 3.15. The van der Waals surface area contributed by atoms with E-state index >= 15 is 0 Å². The Labute approximate surface area is 197 Å². The maximum atomic E-state index is 13.0. The van der Waals surface area contributed by atoms with Gasteiger partial charge in [-0.05, 0) is 48.3 Å². The van der Waals surface area contributed by atoms with Crippen molar-refractivity contribution in [3.05, 3.63) is 48.0 Å². The first-order valence-electron chi connectivity index (χ1n) is 10.3. The van der Waals surface area contributed by atoms with E-state index < -0.39 is 22.0 Å². The minimum atomic E-state index is -3.96. The van der Waals surface area contributed by atoms with Crippen LogP contribution in [-0.2, 0) is 26.2 Å². The third-order valence-electron chi connectivity index (χ3n) is 4.79. The van der Waals surface area contributed by atoms with E-state index in [1.54, 1.807) is 30.3 Å². The number of hydrogen-bond donors (Lipinski definition) is 3. The quantitative estimate of drug-likeness (QED) is 0.463. The van der Waals surface area contributed by atoms with Gasteiger partial charge in [-0.15, -0.1) is 0 Å². The van der Waals surface area contributed by atoms with Gasteiger partial charge in [-0.1, -0.05) is 12.1 Å². The lowest BCUT2D eigenvalue weighted by atomic mass is 10.2. The van der Waals surface area contributed by atoms with Gasteiger partial charge in [-0.2, -0.15) is 16.5 Å². The number of ether oxygens (including phenoxy) is 2. The second-order valence-electron chi connectivity index (χ2n) is 7.36. The number of rotatable bonds is 10. The molecule has 2 aromatic rings. The molecule has 0 saturated carbocycles. The fraction of sp³-hybridized carbons (Fsp3) is 0.364. The summed E-state index contributed by atoms with van der Waals surface area (Å²) in [6.45, 7) is 2.40. The summed E-state index contributed by atoms with van der Waals surface area (Å²) in [7, 11) is -3.96. The van der Waals surface area contributed by atoms with Gasteiger partial charge >= 0.3 is 0 Å². The Balaban J connectivity index is 1.66. The topological polar surface area (TPSA) is 123 Å². The lowest BCUT2D eigenvalue weighted by Crippen LogP contribution is -2.46. The molecule has 11 heteroatoms. The Morgan fingerprint density at radius 1 is 1.06 bits per heavy atom. The van der Waals surface area contributed by atoms with Gasteiger partial charge in [-0.25, -0.2) is 8.42 Å². The number of sulfonamides is 1. The molecule has 0 unspecified atom stereocenters. The smallest absolute Gasteiger partial charge is 0.241 e. The summed E-state index contributed by atoms with van der Waals surface area (Å²) in [6.07, 6.45) is 2.22. The molecule has 3 rings (SSSR count). The van der Waals surface area contributed by atoms with Crippen molar-refractivity contribution in [1.29, 1.82) is 0 Å². The third kappa shape index (κ3) is 7.11. The van der Waals surface area contributed by atoms with E-state index in [0.29, 0.717) is 42.6 Å². The highest BCUT2D eigenvalue weighted by molar-refractivity contribution is 7.98. The van der Waals surface area contributed by atoms with Crippen LogP contribution >= 0.6 is 11.8 Å². The van der Waals surface area contributed by atoms with Crippen LogP contribution in [0.4, 0.5) is 5.69 Å². The highest BCUT2D eigenvalue weighted by Gasteiger charge is 2.27. The molecule has 3 N–H and O–H groups in total. The predicted octanol–water partition coefficient (Wildman–Crippen LogP) is 2.13. The van der Waals surface area contributed by atoms with E-state index in [2.05, 4.69) is 15.4 Å². The number of hydrogen-bond acceptors (Lipinski definition) is 7. The molecule has 0 radical (unpaired) electrons. The standard InChI is InChI=1S/C22H27N3O6S2/c1-15(26)24-17-5-3-16(4-6-17)14-23-22(27)19(9-12-32-2)25-33(28,29)18-7-8-20-21(13-18)31-11-10-30-20/h3-8,13,19,25H,9-12,14H2,1-2H3,(H,23,27)(H,24,26)/t19-/m0/s1. The zero-order valence-electron chi connectivity index (χ0n) is 18.4. The molecular weight excluding hydrogens is 466 g/mol. The third-order valence-corrected chi connectivity index (χ3v) is 6.90. The Morgan fingerprint density at radius 3 is 2.42 bits per heavy atom. The molecule has 9 nitrogen and oxygen atoms in total. The maximum Gasteiger partial charge on any atom is 0.241 e. The lowest BCUT2D eigenvalue weighted by molar-refractivity contribution is -0.123. The van der Waals surface area contributed by atoms with Gasteiger partial charge in [0.05, 0.1) is 4.90 Å². The zero-order valence-corrected chi connectivity index (χ0v) is 20.1. The van der Waals surface area contributed by atoms with E-state index in [-0.39, 0.29) is 17.3 Å². The number of amides is 2. The van der Waals surface area contributed by atoms with Crippen molar-refractivity contribution in [2.75, 3.05) is 30.5 Å². The molecule has 1 aliphatic rings. The molecule has 1 heterocycles. The summed E-state index contributed by atoms with van der Waals surface area (Å²) in [5.74, 6) is 0.861. The Bertz CT molecular complexity index is 1090. The van der Waals surface area contributed by atoms with Crippen LogP contribution in [0.3, 0.4) is 0 Å². The van der Waals surface area contributed by atoms with Crippen LogP contribution in [0.15, 0.2) is 47.4 Å². The number of carbonyl (C=O) groups excluding carboxylic acids is 2. The van der Waals surface area contributed by atoms with Gasteiger partial charge in [0.1, 0.15) is 19.3 Å². The summed E-state index contributed by atoms with van der Waals surface area (Å²) in [5, 5.41) is 5.46. The monoisotopic (exact) mass is 493 g/mol. The summed E-state index contributed by atoms with van der Waals surface area (Å²) < 4.78 is 39.4. The highest BCUT2D eigenvalue weighted by Crippen LogP contribution is 2.32. The van der Waals surface area contributed by atoms with Crippen molar-refractivity contribution in [1.82, 2.24) is 10.0 Å². The second kappa shape index (κ2) is 11.4. The molecule has 0 spiro atoms. The zero-order chi connectivity index (χ0) is 23.8. The van der Waals surface area contributed by atoms with Crippen LogP contribution in [0.2, 0.25) is 0 Å². The van der Waals surface area contributed by atoms with Crippen LogP contribution in [-0.4, -0.2) is 51.5 Å². The van der Waals surface area contributed by atoms with Crippen molar-refractivity contribution < 1.29 is 27.5 Å². The van der Waals surface area contributed by atoms with Gasteiger partial charge in [0.15, 0.2) is 11.5 Å². The van der Waals surface area contributed by atoms with Crippen LogP contribution in [0.1, 0.15) is 18.9 Å². The van der Waals surface area contributed by atoms with E-state index in [0.717, 1.165) is 5.56 Å². The highest BCUT2D eigenvalue weighted by atomic mass is 32.2. The molecule has 2 aromatic carbocycles. The molecule has 0 aromatic heterocycles. The van der Waals surface area contributed by atoms with Crippen LogP contribution in [0.5, 0.6) is 11.5 Å². The van der Waals surface area contributed by atoms with E-state index in [1.165, 1.54) is 30.8 Å². The van der Waals surface area contributed by atoms with Gasteiger partial charge in [0.25, 0.3) is 0 Å². The number of carbonyl (C=O) groups is 2. The summed E-state index contributed by atoms with van der Waals surface area (Å²) in [5.41, 5.74) is 1.47. The van der Waals surface area contributed by atoms with Gasteiger partial charge in [0, 0.05) is 25.2 Å². The molecule has 0 aliphatic carbocycles. The minimum absolute atomic E-state index is 0.00209. The predicted molar refractivity (Wildman–Crippen MR) is 127 cm³/mol. The molecule has 0 fully saturated rings. The van der Waals surface area contributed by atoms with E-state index in [9.17, 15) is 18.0 Å². The summed E-state index contributed by atoms with van der Waals surface area (Å²) >= 11 is 1.52. The molecule has 33 heavy (non-hydrogen) atoms. The Hall–Kier alpha value is -2.76. The first-order valence-corrected chi connectivity index (χ1v) is 13.2. The first kappa shape index (κ1) is 24.9. The summed E-state index contributed by atoms with van der Waals surface area (Å²) in [4.78, 5) is 24.0. The SMILES string of the molecule is CSCC[C@H](NS(=O)(=O)c1ccc2c(c1)OCCO2)C(=O)NCc1ccc(NC(C)=O)cc1. The van der Waals surface area contributed by atoms with Crippen molar-refractivity contribution in [2.45, 2.75) is 30.8 Å². The average Bonchev–Trinajstić information content (AvgIpc) is 2.80. The Morgan fingerprint density at radius 2 is 1.76 bits per heavy atom. The van der Waals surface area contributed by atoms with E-state index in [1.807, 2.05) is 6.26 Å². The molecule has 1 atom stereocenters. The number of fused-ring (bicyclic) bond motifs is 1. The fourth-order valence-corrected chi connectivity index (χ4v) is 4.86. The molecule has 0 bridgehead atoms. The molecular formula is C22H27N3O6S2. The first-order chi connectivity index (χ1) is 15.8. The van der Waals surface area contributed by atoms with Crippen LogP contribution in [0.25, 0.3) is 0 Å². The van der Waals surface area contributed by atoms with E-state index in [4.69, 9.17) is 9.47 Å². The number of nitrogens with one attached hydrogen (secondary N) is 3. The Kier molecular flexibility index (Phi) is 8.59. The minimum Gasteiger partial charge on any atom is -0.486 e. The van der Waals surface area contributed by atoms with Crippen LogP contribution in [0, 0.1) is 0 Å². The van der Waals surface area contributed by atoms with Crippen molar-refractivity contribution >= 4 is 39.3 Å². The average molecular weight is 494 g/mol. The largest absolute Gasteiger partial charge is 0.486 e.